The second-order valence-corrected chi connectivity index (χ2v) is 11.0. The maximum atomic E-state index is 13.1. The molecular formula is C25H37NO3. The summed E-state index contributed by atoms with van der Waals surface area (Å²) in [6, 6.07) is 0. The Balaban J connectivity index is 1.31. The number of nitrogens with zero attached hydrogens (tertiary/aromatic N) is 1. The number of aromatic nitrogens is 1. The van der Waals surface area contributed by atoms with E-state index in [0.29, 0.717) is 24.0 Å². The molecule has 160 valence electrons. The Kier molecular flexibility index (Phi) is 4.92. The second kappa shape index (κ2) is 7.21. The maximum absolute atomic E-state index is 13.1. The molecule has 4 aliphatic carbocycles. The Morgan fingerprint density at radius 3 is 2.72 bits per heavy atom. The molecule has 1 heterocycles. The summed E-state index contributed by atoms with van der Waals surface area (Å²) in [6.45, 7) is 4.56. The van der Waals surface area contributed by atoms with E-state index >= 15 is 0 Å². The van der Waals surface area contributed by atoms with Crippen molar-refractivity contribution >= 4 is 5.78 Å². The molecule has 4 heteroatoms. The van der Waals surface area contributed by atoms with Crippen molar-refractivity contribution in [2.24, 2.45) is 40.9 Å². The lowest BCUT2D eigenvalue weighted by Crippen LogP contribution is -2.51. The third-order valence-corrected chi connectivity index (χ3v) is 9.96. The summed E-state index contributed by atoms with van der Waals surface area (Å²) in [5.41, 5.74) is -0.238. The van der Waals surface area contributed by atoms with Gasteiger partial charge in [0, 0.05) is 5.92 Å². The molecule has 0 aliphatic heterocycles. The molecule has 0 unspecified atom stereocenters. The van der Waals surface area contributed by atoms with E-state index in [0.717, 1.165) is 49.4 Å². The minimum absolute atomic E-state index is 0.163. The Morgan fingerprint density at radius 2 is 1.97 bits per heavy atom. The van der Waals surface area contributed by atoms with Gasteiger partial charge < -0.3 is 9.52 Å². The van der Waals surface area contributed by atoms with Crippen molar-refractivity contribution in [2.75, 3.05) is 0 Å². The molecule has 0 aromatic carbocycles. The van der Waals surface area contributed by atoms with Crippen LogP contribution in [0.5, 0.6) is 0 Å². The predicted molar refractivity (Wildman–Crippen MR) is 111 cm³/mol. The van der Waals surface area contributed by atoms with Crippen LogP contribution in [0, 0.1) is 40.9 Å². The van der Waals surface area contributed by atoms with Gasteiger partial charge in [0.2, 0.25) is 5.89 Å². The number of carbonyl (C=O) groups excluding carboxylic acids is 1. The lowest BCUT2D eigenvalue weighted by Gasteiger charge is -2.57. The van der Waals surface area contributed by atoms with E-state index < -0.39 is 5.60 Å². The van der Waals surface area contributed by atoms with Crippen molar-refractivity contribution in [3.8, 4) is 0 Å². The smallest absolute Gasteiger partial charge is 0.201 e. The van der Waals surface area contributed by atoms with E-state index in [2.05, 4.69) is 18.8 Å². The Hall–Kier alpha value is -1.16. The van der Waals surface area contributed by atoms with Gasteiger partial charge in [0.25, 0.3) is 0 Å². The summed E-state index contributed by atoms with van der Waals surface area (Å²) in [4.78, 5) is 17.3. The van der Waals surface area contributed by atoms with E-state index in [1.165, 1.54) is 38.5 Å². The summed E-state index contributed by atoms with van der Waals surface area (Å²) in [6.07, 6.45) is 15.0. The summed E-state index contributed by atoms with van der Waals surface area (Å²) in [5, 5.41) is 10.9. The van der Waals surface area contributed by atoms with Gasteiger partial charge in [-0.25, -0.2) is 4.98 Å². The minimum atomic E-state index is -0.401. The largest absolute Gasteiger partial charge is 0.449 e. The molecule has 4 saturated carbocycles. The van der Waals surface area contributed by atoms with Crippen LogP contribution >= 0.6 is 0 Å². The molecule has 0 radical (unpaired) electrons. The van der Waals surface area contributed by atoms with Crippen molar-refractivity contribution < 1.29 is 14.3 Å². The molecule has 1 N–H and O–H groups in total. The van der Waals surface area contributed by atoms with Gasteiger partial charge in [-0.1, -0.05) is 13.8 Å². The second-order valence-electron chi connectivity index (χ2n) is 11.0. The third kappa shape index (κ3) is 3.21. The zero-order valence-electron chi connectivity index (χ0n) is 18.1. The van der Waals surface area contributed by atoms with Crippen molar-refractivity contribution in [2.45, 2.75) is 90.1 Å². The van der Waals surface area contributed by atoms with Gasteiger partial charge in [-0.3, -0.25) is 4.79 Å². The highest BCUT2D eigenvalue weighted by Crippen LogP contribution is 2.64. The standard InChI is InChI=1S/C25H37NO3/c1-3-25(28)11-9-17-16(15-25)4-5-19-18(17)8-10-24(2)20(19)6-7-21(24)22(27)14-23-26-12-13-29-23/h12-13,16-21,28H,3-11,14-15H2,1-2H3/t16-,17-,18+,19+,20-,21+,24-,25+/m0/s1. The first-order valence-electron chi connectivity index (χ1n) is 12.1. The van der Waals surface area contributed by atoms with Crippen LogP contribution in [0.4, 0.5) is 0 Å². The van der Waals surface area contributed by atoms with E-state index in [1.54, 1.807) is 12.5 Å². The topological polar surface area (TPSA) is 63.3 Å². The zero-order valence-corrected chi connectivity index (χ0v) is 18.1. The van der Waals surface area contributed by atoms with Crippen LogP contribution in [0.15, 0.2) is 16.9 Å². The van der Waals surface area contributed by atoms with Crippen molar-refractivity contribution in [3.63, 3.8) is 0 Å². The van der Waals surface area contributed by atoms with Gasteiger partial charge in [-0.05, 0) is 99.2 Å². The molecule has 0 bridgehead atoms. The lowest BCUT2D eigenvalue weighted by atomic mass is 9.48. The molecule has 8 atom stereocenters. The van der Waals surface area contributed by atoms with Gasteiger partial charge in [0.1, 0.15) is 12.0 Å². The van der Waals surface area contributed by atoms with Crippen LogP contribution in [-0.2, 0) is 11.2 Å². The van der Waals surface area contributed by atoms with E-state index in [-0.39, 0.29) is 11.3 Å². The average Bonchev–Trinajstić information content (AvgIpc) is 3.34. The Labute approximate surface area is 174 Å². The summed E-state index contributed by atoms with van der Waals surface area (Å²) in [7, 11) is 0. The van der Waals surface area contributed by atoms with E-state index in [1.807, 2.05) is 0 Å². The van der Waals surface area contributed by atoms with E-state index in [9.17, 15) is 9.90 Å². The van der Waals surface area contributed by atoms with Crippen molar-refractivity contribution in [1.82, 2.24) is 4.98 Å². The Bertz CT molecular complexity index is 745. The highest BCUT2D eigenvalue weighted by atomic mass is 16.3. The maximum Gasteiger partial charge on any atom is 0.201 e. The summed E-state index contributed by atoms with van der Waals surface area (Å²) in [5.74, 6) is 4.95. The number of hydrogen-bond acceptors (Lipinski definition) is 4. The first kappa shape index (κ1) is 19.8. The molecule has 4 nitrogen and oxygen atoms in total. The number of hydrogen-bond donors (Lipinski definition) is 1. The Morgan fingerprint density at radius 1 is 1.14 bits per heavy atom. The van der Waals surface area contributed by atoms with Gasteiger partial charge in [0.15, 0.2) is 0 Å². The molecule has 4 fully saturated rings. The SMILES string of the molecule is CC[C@@]1(O)CC[C@H]2[C@@H](CC[C@@H]3[C@@H]2CC[C@]2(C)[C@@H](C(=O)Cc4ncco4)CC[C@@H]32)C1. The number of fused-ring (bicyclic) bond motifs is 5. The molecule has 4 aliphatic rings. The highest BCUT2D eigenvalue weighted by Gasteiger charge is 2.58. The normalized spacial score (nSPS) is 46.6. The number of rotatable bonds is 4. The molecule has 29 heavy (non-hydrogen) atoms. The van der Waals surface area contributed by atoms with Crippen LogP contribution in [0.3, 0.4) is 0 Å². The van der Waals surface area contributed by atoms with Crippen LogP contribution in [0.1, 0.15) is 83.9 Å². The van der Waals surface area contributed by atoms with Crippen LogP contribution in [0.2, 0.25) is 0 Å². The van der Waals surface area contributed by atoms with Crippen LogP contribution in [-0.4, -0.2) is 21.5 Å². The van der Waals surface area contributed by atoms with Crippen LogP contribution < -0.4 is 0 Å². The number of carbonyl (C=O) groups is 1. The quantitative estimate of drug-likeness (QED) is 0.756. The first-order valence-corrected chi connectivity index (χ1v) is 12.1. The summed E-state index contributed by atoms with van der Waals surface area (Å²) < 4.78 is 5.35. The fourth-order valence-electron chi connectivity index (χ4n) is 8.43. The molecule has 5 rings (SSSR count). The van der Waals surface area contributed by atoms with Crippen molar-refractivity contribution in [3.05, 3.63) is 18.4 Å². The number of aliphatic hydroxyl groups is 1. The number of ketones is 1. The minimum Gasteiger partial charge on any atom is -0.449 e. The molecule has 1 aromatic heterocycles. The highest BCUT2D eigenvalue weighted by molar-refractivity contribution is 5.83. The summed E-state index contributed by atoms with van der Waals surface area (Å²) >= 11 is 0. The predicted octanol–water partition coefficient (Wildman–Crippen LogP) is 5.20. The number of Topliss-reactive ketones (excluding diaryl/α,β-unsaturated/α-hetero) is 1. The fourth-order valence-corrected chi connectivity index (χ4v) is 8.43. The van der Waals surface area contributed by atoms with Crippen LogP contribution in [0.25, 0.3) is 0 Å². The van der Waals surface area contributed by atoms with E-state index in [4.69, 9.17) is 4.42 Å². The average molecular weight is 400 g/mol. The van der Waals surface area contributed by atoms with Gasteiger partial charge in [0.05, 0.1) is 18.2 Å². The fraction of sp³-hybridized carbons (Fsp3) is 0.840. The molecule has 0 saturated heterocycles. The van der Waals surface area contributed by atoms with Crippen molar-refractivity contribution in [1.29, 1.82) is 0 Å². The van der Waals surface area contributed by atoms with Gasteiger partial charge >= 0.3 is 0 Å². The lowest BCUT2D eigenvalue weighted by molar-refractivity contribution is -0.132. The molecule has 1 aromatic rings. The molecule has 0 spiro atoms. The monoisotopic (exact) mass is 399 g/mol. The van der Waals surface area contributed by atoms with Gasteiger partial charge in [-0.15, -0.1) is 0 Å². The third-order valence-electron chi connectivity index (χ3n) is 9.96. The number of oxazole rings is 1. The van der Waals surface area contributed by atoms with Gasteiger partial charge in [-0.2, -0.15) is 0 Å². The molecule has 0 amide bonds. The molecular weight excluding hydrogens is 362 g/mol. The zero-order chi connectivity index (χ0) is 20.2. The first-order chi connectivity index (χ1) is 13.9.